The largest absolute Gasteiger partial charge is 0.0763 e. The fourth-order valence-electron chi connectivity index (χ4n) is 2.76. The van der Waals surface area contributed by atoms with Crippen molar-refractivity contribution in [1.82, 2.24) is 0 Å². The Morgan fingerprint density at radius 1 is 0.773 bits per heavy atom. The number of aryl methyl sites for hydroxylation is 1. The van der Waals surface area contributed by atoms with Crippen LogP contribution in [0.15, 0.2) is 66.3 Å². The maximum Gasteiger partial charge on any atom is -0.0178 e. The van der Waals surface area contributed by atoms with E-state index in [1.165, 1.54) is 39.8 Å². The van der Waals surface area contributed by atoms with E-state index in [4.69, 9.17) is 0 Å². The van der Waals surface area contributed by atoms with Gasteiger partial charge in [0, 0.05) is 0 Å². The molecule has 1 aliphatic carbocycles. The summed E-state index contributed by atoms with van der Waals surface area (Å²) >= 11 is 0. The fourth-order valence-corrected chi connectivity index (χ4v) is 2.76. The van der Waals surface area contributed by atoms with E-state index in [2.05, 4.69) is 74.5 Å². The van der Waals surface area contributed by atoms with Crippen LogP contribution in [0.5, 0.6) is 0 Å². The van der Waals surface area contributed by atoms with Gasteiger partial charge in [0.25, 0.3) is 0 Å². The van der Waals surface area contributed by atoms with Crippen molar-refractivity contribution in [3.8, 4) is 11.1 Å². The Morgan fingerprint density at radius 3 is 2.09 bits per heavy atom. The molecule has 0 radical (unpaired) electrons. The molecular weight excluding hydrogens is 264 g/mol. The average molecular weight is 290 g/mol. The van der Waals surface area contributed by atoms with E-state index in [1.807, 2.05) is 13.8 Å². The van der Waals surface area contributed by atoms with E-state index < -0.39 is 0 Å². The highest BCUT2D eigenvalue weighted by Gasteiger charge is 2.06. The molecule has 0 saturated carbocycles. The van der Waals surface area contributed by atoms with Crippen LogP contribution in [-0.2, 0) is 0 Å². The first-order valence-corrected chi connectivity index (χ1v) is 8.27. The first kappa shape index (κ1) is 16.3. The monoisotopic (exact) mass is 290 g/mol. The lowest BCUT2D eigenvalue weighted by Gasteiger charge is -2.12. The standard InChI is InChI=1S/C20H20.C2H6/c1-15-6-3-8-17(12-15)19-10-5-11-20(14-19)18-9-4-7-16(2)13-18;1-2/h3,5-6,8-14H,4,7H2,1-2H3;1-2H3. The maximum atomic E-state index is 2.35. The summed E-state index contributed by atoms with van der Waals surface area (Å²) in [5.41, 5.74) is 8.06. The van der Waals surface area contributed by atoms with E-state index in [-0.39, 0.29) is 0 Å². The van der Waals surface area contributed by atoms with Gasteiger partial charge in [0.15, 0.2) is 0 Å². The van der Waals surface area contributed by atoms with Gasteiger partial charge in [-0.1, -0.05) is 79.6 Å². The number of rotatable bonds is 2. The summed E-state index contributed by atoms with van der Waals surface area (Å²) in [6, 6.07) is 17.6. The molecule has 0 amide bonds. The summed E-state index contributed by atoms with van der Waals surface area (Å²) < 4.78 is 0. The Morgan fingerprint density at radius 2 is 1.41 bits per heavy atom. The molecule has 0 spiro atoms. The van der Waals surface area contributed by atoms with Crippen LogP contribution in [0.2, 0.25) is 0 Å². The van der Waals surface area contributed by atoms with E-state index >= 15 is 0 Å². The van der Waals surface area contributed by atoms with Gasteiger partial charge in [-0.25, -0.2) is 0 Å². The molecule has 2 aromatic carbocycles. The summed E-state index contributed by atoms with van der Waals surface area (Å²) in [6.45, 7) is 8.36. The zero-order valence-electron chi connectivity index (χ0n) is 14.2. The number of hydrogen-bond donors (Lipinski definition) is 0. The van der Waals surface area contributed by atoms with Gasteiger partial charge >= 0.3 is 0 Å². The van der Waals surface area contributed by atoms with Crippen molar-refractivity contribution in [2.45, 2.75) is 40.5 Å². The molecule has 0 aliphatic heterocycles. The van der Waals surface area contributed by atoms with Gasteiger partial charge in [-0.3, -0.25) is 0 Å². The van der Waals surface area contributed by atoms with Crippen LogP contribution in [0.1, 0.15) is 44.7 Å². The Kier molecular flexibility index (Phi) is 5.77. The van der Waals surface area contributed by atoms with Crippen LogP contribution < -0.4 is 0 Å². The van der Waals surface area contributed by atoms with Crippen molar-refractivity contribution in [3.05, 3.63) is 77.4 Å². The maximum absolute atomic E-state index is 2.35. The highest BCUT2D eigenvalue weighted by molar-refractivity contribution is 5.79. The van der Waals surface area contributed by atoms with Crippen molar-refractivity contribution in [3.63, 3.8) is 0 Å². The summed E-state index contributed by atoms with van der Waals surface area (Å²) in [6.07, 6.45) is 7.02. The topological polar surface area (TPSA) is 0 Å². The number of allylic oxidation sites excluding steroid dienone is 4. The second kappa shape index (κ2) is 7.79. The second-order valence-corrected chi connectivity index (χ2v) is 5.64. The molecule has 0 fully saturated rings. The SMILES string of the molecule is CC.CC1=CC(c2cccc(-c3cccc(C)c3)c2)=CCC1. The highest BCUT2D eigenvalue weighted by Crippen LogP contribution is 2.28. The first-order valence-electron chi connectivity index (χ1n) is 8.27. The highest BCUT2D eigenvalue weighted by atomic mass is 14.1. The summed E-state index contributed by atoms with van der Waals surface area (Å²) in [5.74, 6) is 0. The summed E-state index contributed by atoms with van der Waals surface area (Å²) in [5, 5.41) is 0. The first-order chi connectivity index (χ1) is 10.7. The molecule has 0 bridgehead atoms. The minimum absolute atomic E-state index is 1.16. The molecule has 0 N–H and O–H groups in total. The molecule has 3 rings (SSSR count). The molecule has 0 atom stereocenters. The Balaban J connectivity index is 0.000000847. The summed E-state index contributed by atoms with van der Waals surface area (Å²) in [7, 11) is 0. The number of hydrogen-bond acceptors (Lipinski definition) is 0. The molecular formula is C22H26. The molecule has 22 heavy (non-hydrogen) atoms. The molecule has 114 valence electrons. The molecule has 0 aromatic heterocycles. The van der Waals surface area contributed by atoms with Crippen molar-refractivity contribution >= 4 is 5.57 Å². The lowest BCUT2D eigenvalue weighted by atomic mass is 9.93. The van der Waals surface area contributed by atoms with Gasteiger partial charge in [0.2, 0.25) is 0 Å². The Labute approximate surface area is 135 Å². The second-order valence-electron chi connectivity index (χ2n) is 5.64. The van der Waals surface area contributed by atoms with Crippen LogP contribution in [0.25, 0.3) is 16.7 Å². The van der Waals surface area contributed by atoms with Crippen molar-refractivity contribution in [2.24, 2.45) is 0 Å². The fraction of sp³-hybridized carbons (Fsp3) is 0.273. The zero-order valence-corrected chi connectivity index (χ0v) is 14.2. The van der Waals surface area contributed by atoms with E-state index in [0.717, 1.165) is 6.42 Å². The third-order valence-corrected chi connectivity index (χ3v) is 3.85. The molecule has 0 saturated heterocycles. The molecule has 0 nitrogen and oxygen atoms in total. The van der Waals surface area contributed by atoms with E-state index in [0.29, 0.717) is 0 Å². The zero-order chi connectivity index (χ0) is 15.9. The minimum Gasteiger partial charge on any atom is -0.0763 e. The lowest BCUT2D eigenvalue weighted by molar-refractivity contribution is 0.966. The summed E-state index contributed by atoms with van der Waals surface area (Å²) in [4.78, 5) is 0. The van der Waals surface area contributed by atoms with Crippen LogP contribution in [0.4, 0.5) is 0 Å². The van der Waals surface area contributed by atoms with Crippen LogP contribution in [0, 0.1) is 6.92 Å². The molecule has 0 heterocycles. The van der Waals surface area contributed by atoms with Crippen molar-refractivity contribution in [1.29, 1.82) is 0 Å². The molecule has 2 aromatic rings. The van der Waals surface area contributed by atoms with Crippen LogP contribution in [-0.4, -0.2) is 0 Å². The van der Waals surface area contributed by atoms with E-state index in [9.17, 15) is 0 Å². The average Bonchev–Trinajstić information content (AvgIpc) is 2.57. The quantitative estimate of drug-likeness (QED) is 0.569. The Bertz CT molecular complexity index is 687. The van der Waals surface area contributed by atoms with Crippen molar-refractivity contribution < 1.29 is 0 Å². The normalized spacial score (nSPS) is 13.6. The van der Waals surface area contributed by atoms with Crippen molar-refractivity contribution in [2.75, 3.05) is 0 Å². The van der Waals surface area contributed by atoms with E-state index in [1.54, 1.807) is 0 Å². The van der Waals surface area contributed by atoms with Crippen LogP contribution >= 0.6 is 0 Å². The van der Waals surface area contributed by atoms with Gasteiger partial charge in [0.1, 0.15) is 0 Å². The third kappa shape index (κ3) is 3.98. The van der Waals surface area contributed by atoms with Gasteiger partial charge in [-0.15, -0.1) is 0 Å². The Hall–Kier alpha value is -2.08. The molecule has 1 aliphatic rings. The third-order valence-electron chi connectivity index (χ3n) is 3.85. The van der Waals surface area contributed by atoms with Gasteiger partial charge < -0.3 is 0 Å². The minimum atomic E-state index is 1.16. The van der Waals surface area contributed by atoms with Crippen LogP contribution in [0.3, 0.4) is 0 Å². The molecule has 0 heteroatoms. The van der Waals surface area contributed by atoms with Gasteiger partial charge in [-0.05, 0) is 55.0 Å². The van der Waals surface area contributed by atoms with Gasteiger partial charge in [-0.2, -0.15) is 0 Å². The molecule has 0 unspecified atom stereocenters. The smallest absolute Gasteiger partial charge is 0.0178 e. The lowest BCUT2D eigenvalue weighted by Crippen LogP contribution is -1.90. The predicted molar refractivity (Wildman–Crippen MR) is 98.9 cm³/mol. The predicted octanol–water partition coefficient (Wildman–Crippen LogP) is 6.81. The van der Waals surface area contributed by atoms with Gasteiger partial charge in [0.05, 0.1) is 0 Å². The number of benzene rings is 2.